The fourth-order valence-corrected chi connectivity index (χ4v) is 5.70. The largest absolute Gasteiger partial charge is 0.409 e. The van der Waals surface area contributed by atoms with Crippen molar-refractivity contribution >= 4 is 22.6 Å². The molecule has 7 nitrogen and oxygen atoms in total. The third-order valence-corrected chi connectivity index (χ3v) is 6.68. The Hall–Kier alpha value is -2.28. The molecule has 0 radical (unpaired) electrons. The van der Waals surface area contributed by atoms with Gasteiger partial charge in [0.15, 0.2) is 5.84 Å². The lowest BCUT2D eigenvalue weighted by Crippen LogP contribution is -2.61. The van der Waals surface area contributed by atoms with Crippen molar-refractivity contribution in [3.63, 3.8) is 0 Å². The first-order chi connectivity index (χ1) is 12.1. The first kappa shape index (κ1) is 15.0. The number of hydrogen-bond donors (Lipinski definition) is 5. The van der Waals surface area contributed by atoms with Gasteiger partial charge in [0.2, 0.25) is 0 Å². The number of amidine groups is 1. The highest BCUT2D eigenvalue weighted by atomic mass is 16.4. The molecule has 6 N–H and O–H groups in total. The van der Waals surface area contributed by atoms with E-state index in [-0.39, 0.29) is 17.7 Å². The van der Waals surface area contributed by atoms with Crippen LogP contribution in [0.1, 0.15) is 37.7 Å². The molecule has 4 aliphatic rings. The van der Waals surface area contributed by atoms with Crippen LogP contribution in [0.15, 0.2) is 23.6 Å². The van der Waals surface area contributed by atoms with Crippen LogP contribution < -0.4 is 11.1 Å². The Morgan fingerprint density at radius 1 is 1.24 bits per heavy atom. The molecule has 6 rings (SSSR count). The topological polar surface area (TPSA) is 120 Å². The standard InChI is InChI=1S/C18H23N5O2/c19-16(23-25)14-8-21-17-13(1-2-20-17)15(14)22-18(24)11-4-9-3-10(6-11)7-12(18)5-9/h1-2,8-12,24-25H,3-7H2,(H2,19,23)(H2,20,21,22). The van der Waals surface area contributed by atoms with E-state index in [4.69, 9.17) is 10.9 Å². The summed E-state index contributed by atoms with van der Waals surface area (Å²) in [5, 5.41) is 28.2. The number of pyridine rings is 1. The van der Waals surface area contributed by atoms with E-state index < -0.39 is 5.72 Å². The summed E-state index contributed by atoms with van der Waals surface area (Å²) in [7, 11) is 0. The maximum Gasteiger partial charge on any atom is 0.173 e. The van der Waals surface area contributed by atoms with E-state index in [1.54, 1.807) is 12.4 Å². The number of nitrogens with zero attached hydrogens (tertiary/aromatic N) is 2. The normalized spacial score (nSPS) is 36.9. The second-order valence-electron chi connectivity index (χ2n) is 8.03. The number of aromatic amines is 1. The number of nitrogens with one attached hydrogen (secondary N) is 2. The summed E-state index contributed by atoms with van der Waals surface area (Å²) in [6.07, 6.45) is 9.03. The summed E-state index contributed by atoms with van der Waals surface area (Å²) in [4.78, 5) is 7.41. The lowest BCUT2D eigenvalue weighted by Gasteiger charge is -2.59. The quantitative estimate of drug-likeness (QED) is 0.193. The summed E-state index contributed by atoms with van der Waals surface area (Å²) in [5.41, 5.74) is 6.85. The summed E-state index contributed by atoms with van der Waals surface area (Å²) < 4.78 is 0. The molecule has 4 fully saturated rings. The van der Waals surface area contributed by atoms with Gasteiger partial charge in [0.25, 0.3) is 0 Å². The molecule has 7 heteroatoms. The van der Waals surface area contributed by atoms with Crippen molar-refractivity contribution in [3.05, 3.63) is 24.0 Å². The Labute approximate surface area is 145 Å². The van der Waals surface area contributed by atoms with Crippen molar-refractivity contribution in [2.45, 2.75) is 37.8 Å². The van der Waals surface area contributed by atoms with Crippen molar-refractivity contribution in [2.75, 3.05) is 5.32 Å². The number of fused-ring (bicyclic) bond motifs is 1. The van der Waals surface area contributed by atoms with Crippen molar-refractivity contribution in [2.24, 2.45) is 34.6 Å². The van der Waals surface area contributed by atoms with Gasteiger partial charge >= 0.3 is 0 Å². The van der Waals surface area contributed by atoms with E-state index in [1.165, 1.54) is 6.42 Å². The minimum atomic E-state index is -0.941. The number of anilines is 1. The first-order valence-electron chi connectivity index (χ1n) is 9.03. The minimum absolute atomic E-state index is 0.00878. The van der Waals surface area contributed by atoms with Crippen LogP contribution in [-0.4, -0.2) is 31.8 Å². The van der Waals surface area contributed by atoms with Gasteiger partial charge in [-0.2, -0.15) is 0 Å². The maximum absolute atomic E-state index is 11.6. The van der Waals surface area contributed by atoms with Crippen LogP contribution in [0.3, 0.4) is 0 Å². The van der Waals surface area contributed by atoms with Crippen molar-refractivity contribution < 1.29 is 10.3 Å². The number of aliphatic hydroxyl groups is 1. The zero-order chi connectivity index (χ0) is 17.2. The predicted molar refractivity (Wildman–Crippen MR) is 94.2 cm³/mol. The van der Waals surface area contributed by atoms with Gasteiger partial charge in [-0.3, -0.25) is 0 Å². The zero-order valence-electron chi connectivity index (χ0n) is 13.9. The van der Waals surface area contributed by atoms with Crippen LogP contribution >= 0.6 is 0 Å². The third kappa shape index (κ3) is 2.08. The average Bonchev–Trinajstić information content (AvgIpc) is 3.08. The highest BCUT2D eigenvalue weighted by Crippen LogP contribution is 2.58. The molecule has 25 heavy (non-hydrogen) atoms. The molecule has 4 bridgehead atoms. The van der Waals surface area contributed by atoms with E-state index in [0.29, 0.717) is 16.9 Å². The Morgan fingerprint density at radius 2 is 1.92 bits per heavy atom. The molecule has 0 atom stereocenters. The molecule has 0 aliphatic heterocycles. The van der Waals surface area contributed by atoms with Crippen LogP contribution in [0.5, 0.6) is 0 Å². The summed E-state index contributed by atoms with van der Waals surface area (Å²) >= 11 is 0. The van der Waals surface area contributed by atoms with Crippen molar-refractivity contribution in [3.8, 4) is 0 Å². The fourth-order valence-electron chi connectivity index (χ4n) is 5.70. The molecular weight excluding hydrogens is 318 g/mol. The van der Waals surface area contributed by atoms with E-state index in [0.717, 1.165) is 42.9 Å². The molecule has 2 heterocycles. The number of hydrogen-bond acceptors (Lipinski definition) is 5. The molecule has 0 unspecified atom stereocenters. The van der Waals surface area contributed by atoms with Gasteiger partial charge in [-0.05, 0) is 50.0 Å². The lowest BCUT2D eigenvalue weighted by atomic mass is 9.52. The molecule has 132 valence electrons. The molecule has 0 aromatic carbocycles. The van der Waals surface area contributed by atoms with E-state index >= 15 is 0 Å². The van der Waals surface area contributed by atoms with Crippen LogP contribution in [-0.2, 0) is 0 Å². The number of nitrogens with two attached hydrogens (primary N) is 1. The maximum atomic E-state index is 11.6. The van der Waals surface area contributed by atoms with Gasteiger partial charge in [-0.1, -0.05) is 5.16 Å². The van der Waals surface area contributed by atoms with Gasteiger partial charge < -0.3 is 26.3 Å². The molecular formula is C18H23N5O2. The number of H-pyrrole nitrogens is 1. The Balaban J connectivity index is 1.61. The summed E-state index contributed by atoms with van der Waals surface area (Å²) in [6.45, 7) is 0. The van der Waals surface area contributed by atoms with Gasteiger partial charge in [-0.25, -0.2) is 4.98 Å². The molecule has 4 aliphatic carbocycles. The van der Waals surface area contributed by atoms with E-state index in [9.17, 15) is 5.11 Å². The molecule has 2 aromatic heterocycles. The monoisotopic (exact) mass is 341 g/mol. The first-order valence-corrected chi connectivity index (χ1v) is 9.03. The fraction of sp³-hybridized carbons (Fsp3) is 0.556. The number of rotatable bonds is 3. The second kappa shape index (κ2) is 5.11. The van der Waals surface area contributed by atoms with Crippen LogP contribution in [0.4, 0.5) is 5.69 Å². The second-order valence-corrected chi connectivity index (χ2v) is 8.03. The highest BCUT2D eigenvalue weighted by molar-refractivity contribution is 6.08. The number of oxime groups is 1. The van der Waals surface area contributed by atoms with Crippen LogP contribution in [0.25, 0.3) is 11.0 Å². The number of aromatic nitrogens is 2. The molecule has 2 aromatic rings. The van der Waals surface area contributed by atoms with E-state index in [1.807, 2.05) is 6.07 Å². The Morgan fingerprint density at radius 3 is 2.56 bits per heavy atom. The molecule has 0 saturated heterocycles. The van der Waals surface area contributed by atoms with Gasteiger partial charge in [0, 0.05) is 29.6 Å². The van der Waals surface area contributed by atoms with Crippen LogP contribution in [0.2, 0.25) is 0 Å². The van der Waals surface area contributed by atoms with Crippen LogP contribution in [0, 0.1) is 23.7 Å². The van der Waals surface area contributed by atoms with Gasteiger partial charge in [0.1, 0.15) is 11.4 Å². The Bertz CT molecular complexity index is 830. The third-order valence-electron chi connectivity index (χ3n) is 6.68. The zero-order valence-corrected chi connectivity index (χ0v) is 13.9. The van der Waals surface area contributed by atoms with Crippen molar-refractivity contribution in [1.82, 2.24) is 9.97 Å². The molecule has 0 amide bonds. The lowest BCUT2D eigenvalue weighted by molar-refractivity contribution is -0.154. The summed E-state index contributed by atoms with van der Waals surface area (Å²) in [6, 6.07) is 1.90. The SMILES string of the molecule is NC(=NO)c1cnc2[nH]ccc2c1NC1(O)C2CC3CC(C2)CC1C3. The molecule has 4 saturated carbocycles. The Kier molecular flexibility index (Phi) is 3.07. The summed E-state index contributed by atoms with van der Waals surface area (Å²) in [5.74, 6) is 2.03. The predicted octanol–water partition coefficient (Wildman–Crippen LogP) is 2.21. The van der Waals surface area contributed by atoms with Crippen molar-refractivity contribution in [1.29, 1.82) is 0 Å². The minimum Gasteiger partial charge on any atom is -0.409 e. The highest BCUT2D eigenvalue weighted by Gasteiger charge is 2.57. The van der Waals surface area contributed by atoms with Gasteiger partial charge in [0.05, 0.1) is 11.3 Å². The van der Waals surface area contributed by atoms with E-state index in [2.05, 4.69) is 20.4 Å². The average molecular weight is 341 g/mol. The van der Waals surface area contributed by atoms with Gasteiger partial charge in [-0.15, -0.1) is 0 Å². The smallest absolute Gasteiger partial charge is 0.173 e. The molecule has 0 spiro atoms.